The lowest BCUT2D eigenvalue weighted by Crippen LogP contribution is -2.25. The molecule has 2 aromatic rings. The van der Waals surface area contributed by atoms with E-state index in [2.05, 4.69) is 60.8 Å². The minimum atomic E-state index is 0.443. The zero-order chi connectivity index (χ0) is 13.2. The summed E-state index contributed by atoms with van der Waals surface area (Å²) < 4.78 is 2.04. The highest BCUT2D eigenvalue weighted by molar-refractivity contribution is 5.53. The van der Waals surface area contributed by atoms with Gasteiger partial charge in [0.15, 0.2) is 0 Å². The molecule has 1 unspecified atom stereocenters. The van der Waals surface area contributed by atoms with Crippen LogP contribution in [0.25, 0.3) is 0 Å². The van der Waals surface area contributed by atoms with Gasteiger partial charge in [0.25, 0.3) is 0 Å². The molecular weight excluding hydrogens is 234 g/mol. The van der Waals surface area contributed by atoms with Crippen LogP contribution in [-0.4, -0.2) is 16.3 Å². The summed E-state index contributed by atoms with van der Waals surface area (Å²) >= 11 is 0. The fourth-order valence-electron chi connectivity index (χ4n) is 2.72. The molecule has 1 N–H and O–H groups in total. The van der Waals surface area contributed by atoms with Crippen molar-refractivity contribution in [2.75, 3.05) is 11.9 Å². The summed E-state index contributed by atoms with van der Waals surface area (Å²) in [6.45, 7) is 5.37. The van der Waals surface area contributed by atoms with Crippen LogP contribution in [0, 0.1) is 5.92 Å². The Bertz CT molecular complexity index is 557. The second-order valence-corrected chi connectivity index (χ2v) is 5.69. The minimum absolute atomic E-state index is 0.443. The molecule has 1 aromatic heterocycles. The number of para-hydroxylation sites is 1. The van der Waals surface area contributed by atoms with Gasteiger partial charge in [0.05, 0.1) is 5.69 Å². The fourth-order valence-corrected chi connectivity index (χ4v) is 2.72. The molecule has 0 radical (unpaired) electrons. The van der Waals surface area contributed by atoms with Gasteiger partial charge in [-0.25, -0.2) is 0 Å². The zero-order valence-electron chi connectivity index (χ0n) is 11.6. The average molecular weight is 255 g/mol. The van der Waals surface area contributed by atoms with Gasteiger partial charge in [-0.05, 0) is 50.3 Å². The van der Waals surface area contributed by atoms with Crippen molar-refractivity contribution in [2.45, 2.75) is 32.7 Å². The van der Waals surface area contributed by atoms with Crippen molar-refractivity contribution in [1.82, 2.24) is 9.78 Å². The standard InChI is InChI=1S/C16H21N3/c1-12(2)19-8-7-15(18-19)10-13-9-14-5-3-4-6-16(14)17-11-13/h3-8,12-13,17H,9-11H2,1-2H3. The molecule has 1 aliphatic rings. The van der Waals surface area contributed by atoms with E-state index in [1.807, 2.05) is 4.68 Å². The average Bonchev–Trinajstić information content (AvgIpc) is 2.87. The van der Waals surface area contributed by atoms with Gasteiger partial charge >= 0.3 is 0 Å². The van der Waals surface area contributed by atoms with Crippen molar-refractivity contribution in [2.24, 2.45) is 5.92 Å². The van der Waals surface area contributed by atoms with E-state index in [1.54, 1.807) is 0 Å². The maximum absolute atomic E-state index is 4.65. The maximum Gasteiger partial charge on any atom is 0.0628 e. The predicted molar refractivity (Wildman–Crippen MR) is 78.4 cm³/mol. The van der Waals surface area contributed by atoms with Crippen molar-refractivity contribution >= 4 is 5.69 Å². The van der Waals surface area contributed by atoms with E-state index in [0.29, 0.717) is 12.0 Å². The van der Waals surface area contributed by atoms with Gasteiger partial charge in [0.2, 0.25) is 0 Å². The fraction of sp³-hybridized carbons (Fsp3) is 0.438. The summed E-state index contributed by atoms with van der Waals surface area (Å²) in [4.78, 5) is 0. The van der Waals surface area contributed by atoms with Crippen molar-refractivity contribution in [1.29, 1.82) is 0 Å². The third kappa shape index (κ3) is 2.65. The molecule has 0 spiro atoms. The first-order chi connectivity index (χ1) is 9.22. The van der Waals surface area contributed by atoms with Crippen molar-refractivity contribution < 1.29 is 0 Å². The zero-order valence-corrected chi connectivity index (χ0v) is 11.6. The second-order valence-electron chi connectivity index (χ2n) is 5.69. The lowest BCUT2D eigenvalue weighted by atomic mass is 9.90. The van der Waals surface area contributed by atoms with Crippen LogP contribution in [0.2, 0.25) is 0 Å². The van der Waals surface area contributed by atoms with Crippen molar-refractivity contribution in [3.8, 4) is 0 Å². The van der Waals surface area contributed by atoms with Gasteiger partial charge < -0.3 is 5.32 Å². The third-order valence-electron chi connectivity index (χ3n) is 3.80. The molecule has 100 valence electrons. The Labute approximate surface area is 114 Å². The summed E-state index contributed by atoms with van der Waals surface area (Å²) in [5, 5.41) is 8.18. The number of hydrogen-bond donors (Lipinski definition) is 1. The molecule has 1 aromatic carbocycles. The number of benzene rings is 1. The van der Waals surface area contributed by atoms with E-state index in [9.17, 15) is 0 Å². The first-order valence-electron chi connectivity index (χ1n) is 7.08. The van der Waals surface area contributed by atoms with Crippen LogP contribution in [-0.2, 0) is 12.8 Å². The molecule has 2 heterocycles. The molecular formula is C16H21N3. The lowest BCUT2D eigenvalue weighted by Gasteiger charge is -2.25. The first-order valence-corrected chi connectivity index (χ1v) is 7.08. The quantitative estimate of drug-likeness (QED) is 0.912. The molecule has 0 bridgehead atoms. The van der Waals surface area contributed by atoms with E-state index < -0.39 is 0 Å². The highest BCUT2D eigenvalue weighted by Crippen LogP contribution is 2.26. The predicted octanol–water partition coefficient (Wildman–Crippen LogP) is 3.29. The summed E-state index contributed by atoms with van der Waals surface area (Å²) in [6.07, 6.45) is 4.29. The Balaban J connectivity index is 1.68. The van der Waals surface area contributed by atoms with Gasteiger partial charge in [-0.15, -0.1) is 0 Å². The van der Waals surface area contributed by atoms with Gasteiger partial charge in [-0.3, -0.25) is 4.68 Å². The van der Waals surface area contributed by atoms with Gasteiger partial charge in [0.1, 0.15) is 0 Å². The smallest absolute Gasteiger partial charge is 0.0628 e. The summed E-state index contributed by atoms with van der Waals surface area (Å²) in [6, 6.07) is 11.2. The molecule has 3 nitrogen and oxygen atoms in total. The number of hydrogen-bond acceptors (Lipinski definition) is 2. The van der Waals surface area contributed by atoms with E-state index in [0.717, 1.165) is 19.4 Å². The van der Waals surface area contributed by atoms with Gasteiger partial charge in [0, 0.05) is 24.5 Å². The second kappa shape index (κ2) is 5.08. The van der Waals surface area contributed by atoms with Crippen molar-refractivity contribution in [3.63, 3.8) is 0 Å². The van der Waals surface area contributed by atoms with Crippen LogP contribution in [0.5, 0.6) is 0 Å². The number of anilines is 1. The molecule has 1 atom stereocenters. The largest absolute Gasteiger partial charge is 0.385 e. The van der Waals surface area contributed by atoms with E-state index in [1.165, 1.54) is 16.9 Å². The molecule has 0 saturated carbocycles. The SMILES string of the molecule is CC(C)n1ccc(CC2CNc3ccccc3C2)n1. The molecule has 19 heavy (non-hydrogen) atoms. The van der Waals surface area contributed by atoms with E-state index in [4.69, 9.17) is 0 Å². The molecule has 1 aliphatic heterocycles. The highest BCUT2D eigenvalue weighted by Gasteiger charge is 2.19. The Morgan fingerprint density at radius 3 is 2.95 bits per heavy atom. The first kappa shape index (κ1) is 12.3. The van der Waals surface area contributed by atoms with Crippen LogP contribution in [0.3, 0.4) is 0 Å². The normalized spacial score (nSPS) is 18.2. The van der Waals surface area contributed by atoms with E-state index in [-0.39, 0.29) is 0 Å². The monoisotopic (exact) mass is 255 g/mol. The lowest BCUT2D eigenvalue weighted by molar-refractivity contribution is 0.498. The summed E-state index contributed by atoms with van der Waals surface area (Å²) in [5.41, 5.74) is 3.94. The Hall–Kier alpha value is -1.77. The Morgan fingerprint density at radius 1 is 1.32 bits per heavy atom. The number of aromatic nitrogens is 2. The Kier molecular flexibility index (Phi) is 3.28. The van der Waals surface area contributed by atoms with E-state index >= 15 is 0 Å². The number of nitrogens with one attached hydrogen (secondary N) is 1. The van der Waals surface area contributed by atoms with Crippen molar-refractivity contribution in [3.05, 3.63) is 47.8 Å². The summed E-state index contributed by atoms with van der Waals surface area (Å²) in [7, 11) is 0. The minimum Gasteiger partial charge on any atom is -0.385 e. The molecule has 0 fully saturated rings. The molecule has 0 aliphatic carbocycles. The topological polar surface area (TPSA) is 29.9 Å². The third-order valence-corrected chi connectivity index (χ3v) is 3.80. The molecule has 3 rings (SSSR count). The highest BCUT2D eigenvalue weighted by atomic mass is 15.3. The van der Waals surface area contributed by atoms with Crippen LogP contribution in [0.1, 0.15) is 31.1 Å². The summed E-state index contributed by atoms with van der Waals surface area (Å²) in [5.74, 6) is 0.644. The van der Waals surface area contributed by atoms with Crippen LogP contribution >= 0.6 is 0 Å². The van der Waals surface area contributed by atoms with Gasteiger partial charge in [-0.2, -0.15) is 5.10 Å². The molecule has 3 heteroatoms. The number of nitrogens with zero attached hydrogens (tertiary/aromatic N) is 2. The molecule has 0 saturated heterocycles. The number of rotatable bonds is 3. The van der Waals surface area contributed by atoms with Crippen LogP contribution < -0.4 is 5.32 Å². The number of fused-ring (bicyclic) bond motifs is 1. The Morgan fingerprint density at radius 2 is 2.16 bits per heavy atom. The van der Waals surface area contributed by atoms with Gasteiger partial charge in [-0.1, -0.05) is 18.2 Å². The van der Waals surface area contributed by atoms with Crippen LogP contribution in [0.15, 0.2) is 36.5 Å². The molecule has 0 amide bonds. The maximum atomic E-state index is 4.65. The van der Waals surface area contributed by atoms with Crippen LogP contribution in [0.4, 0.5) is 5.69 Å².